The Labute approximate surface area is 182 Å². The predicted octanol–water partition coefficient (Wildman–Crippen LogP) is 5.00. The number of halogens is 2. The van der Waals surface area contributed by atoms with E-state index >= 15 is 0 Å². The molecular weight excluding hydrogens is 409 g/mol. The van der Waals surface area contributed by atoms with E-state index in [-0.39, 0.29) is 6.04 Å². The molecule has 3 N–H and O–H groups in total. The van der Waals surface area contributed by atoms with Crippen LogP contribution < -0.4 is 15.8 Å². The fourth-order valence-corrected chi connectivity index (χ4v) is 4.30. The molecule has 8 heteroatoms. The molecule has 1 atom stereocenters. The van der Waals surface area contributed by atoms with Crippen molar-refractivity contribution >= 4 is 40.4 Å². The average molecular weight is 436 g/mol. The third-order valence-electron chi connectivity index (χ3n) is 5.38. The van der Waals surface area contributed by atoms with Crippen LogP contribution in [0.5, 0.6) is 5.75 Å². The monoisotopic (exact) mass is 435 g/mol. The van der Waals surface area contributed by atoms with Crippen LogP contribution in [0.4, 0.5) is 11.6 Å². The SMILES string of the molecule is C=C(C)c1c(N)ncnc1NC(C)c1cc(Cl)c(Cl)c(C2CN(CC)C2)c1OC. The van der Waals surface area contributed by atoms with Gasteiger partial charge in [0.2, 0.25) is 0 Å². The number of hydrogen-bond donors (Lipinski definition) is 2. The van der Waals surface area contributed by atoms with Crippen LogP contribution in [0.3, 0.4) is 0 Å². The lowest BCUT2D eigenvalue weighted by molar-refractivity contribution is 0.155. The van der Waals surface area contributed by atoms with Crippen LogP contribution in [-0.4, -0.2) is 41.6 Å². The van der Waals surface area contributed by atoms with E-state index in [2.05, 4.69) is 33.7 Å². The summed E-state index contributed by atoms with van der Waals surface area (Å²) in [6.45, 7) is 12.9. The first-order valence-electron chi connectivity index (χ1n) is 9.59. The molecule has 1 aromatic carbocycles. The van der Waals surface area contributed by atoms with Crippen molar-refractivity contribution < 1.29 is 4.74 Å². The number of nitrogen functional groups attached to an aromatic ring is 1. The number of nitrogens with two attached hydrogens (primary N) is 1. The van der Waals surface area contributed by atoms with Crippen molar-refractivity contribution in [3.05, 3.63) is 45.7 Å². The number of ether oxygens (including phenoxy) is 1. The number of allylic oxidation sites excluding steroid dienone is 1. The number of rotatable bonds is 7. The number of nitrogens with zero attached hydrogens (tertiary/aromatic N) is 3. The Hall–Kier alpha value is -2.02. The highest BCUT2D eigenvalue weighted by atomic mass is 35.5. The molecule has 1 aromatic heterocycles. The number of methoxy groups -OCH3 is 1. The van der Waals surface area contributed by atoms with E-state index in [0.29, 0.717) is 33.2 Å². The van der Waals surface area contributed by atoms with E-state index in [1.54, 1.807) is 7.11 Å². The first-order chi connectivity index (χ1) is 13.8. The zero-order chi connectivity index (χ0) is 21.3. The molecule has 2 aromatic rings. The van der Waals surface area contributed by atoms with Gasteiger partial charge in [0.1, 0.15) is 23.7 Å². The summed E-state index contributed by atoms with van der Waals surface area (Å²) in [6.07, 6.45) is 1.43. The molecule has 3 rings (SSSR count). The Morgan fingerprint density at radius 3 is 2.69 bits per heavy atom. The van der Waals surface area contributed by atoms with Crippen molar-refractivity contribution in [3.63, 3.8) is 0 Å². The maximum Gasteiger partial charge on any atom is 0.139 e. The normalized spacial score (nSPS) is 15.7. The number of aromatic nitrogens is 2. The summed E-state index contributed by atoms with van der Waals surface area (Å²) < 4.78 is 5.82. The minimum atomic E-state index is -0.159. The molecule has 0 aliphatic carbocycles. The van der Waals surface area contributed by atoms with Crippen molar-refractivity contribution in [2.45, 2.75) is 32.7 Å². The molecule has 1 aliphatic heterocycles. The first kappa shape index (κ1) is 21.7. The lowest BCUT2D eigenvalue weighted by Gasteiger charge is -2.40. The molecule has 6 nitrogen and oxygen atoms in total. The van der Waals surface area contributed by atoms with Gasteiger partial charge in [-0.2, -0.15) is 0 Å². The van der Waals surface area contributed by atoms with Crippen molar-refractivity contribution in [3.8, 4) is 5.75 Å². The topological polar surface area (TPSA) is 76.3 Å². The van der Waals surface area contributed by atoms with Crippen molar-refractivity contribution in [2.24, 2.45) is 0 Å². The Morgan fingerprint density at radius 2 is 2.10 bits per heavy atom. The van der Waals surface area contributed by atoms with Crippen molar-refractivity contribution in [1.82, 2.24) is 14.9 Å². The molecule has 1 aliphatic rings. The number of nitrogens with one attached hydrogen (secondary N) is 1. The zero-order valence-electron chi connectivity index (χ0n) is 17.2. The quantitative estimate of drug-likeness (QED) is 0.636. The summed E-state index contributed by atoms with van der Waals surface area (Å²) in [4.78, 5) is 10.8. The highest BCUT2D eigenvalue weighted by Crippen LogP contribution is 2.46. The van der Waals surface area contributed by atoms with Crippen molar-refractivity contribution in [2.75, 3.05) is 37.8 Å². The van der Waals surface area contributed by atoms with Gasteiger partial charge in [0.15, 0.2) is 0 Å². The van der Waals surface area contributed by atoms with E-state index in [1.165, 1.54) is 6.33 Å². The third-order valence-corrected chi connectivity index (χ3v) is 6.18. The van der Waals surface area contributed by atoms with Gasteiger partial charge in [-0.1, -0.05) is 36.7 Å². The Bertz CT molecular complexity index is 928. The van der Waals surface area contributed by atoms with Crippen molar-refractivity contribution in [1.29, 1.82) is 0 Å². The summed E-state index contributed by atoms with van der Waals surface area (Å²) in [5, 5.41) is 4.49. The minimum Gasteiger partial charge on any atom is -0.496 e. The largest absolute Gasteiger partial charge is 0.496 e. The van der Waals surface area contributed by atoms with Crippen LogP contribution >= 0.6 is 23.2 Å². The number of likely N-dealkylation sites (N-methyl/N-ethyl adjacent to an activating group) is 1. The van der Waals surface area contributed by atoms with E-state index in [4.69, 9.17) is 33.7 Å². The van der Waals surface area contributed by atoms with Gasteiger partial charge in [-0.25, -0.2) is 9.97 Å². The predicted molar refractivity (Wildman–Crippen MR) is 121 cm³/mol. The van der Waals surface area contributed by atoms with E-state index in [9.17, 15) is 0 Å². The van der Waals surface area contributed by atoms with E-state index in [0.717, 1.165) is 42.1 Å². The molecule has 2 heterocycles. The first-order valence-corrected chi connectivity index (χ1v) is 10.3. The molecule has 0 bridgehead atoms. The summed E-state index contributed by atoms with van der Waals surface area (Å²) in [6, 6.07) is 1.69. The van der Waals surface area contributed by atoms with E-state index < -0.39 is 0 Å². The third kappa shape index (κ3) is 4.15. The van der Waals surface area contributed by atoms with Gasteiger partial charge in [-0.05, 0) is 32.0 Å². The van der Waals surface area contributed by atoms with Gasteiger partial charge in [0, 0.05) is 30.1 Å². The molecule has 1 unspecified atom stereocenters. The second kappa shape index (κ2) is 8.78. The second-order valence-electron chi connectivity index (χ2n) is 7.39. The number of benzene rings is 1. The molecule has 1 fully saturated rings. The molecule has 0 amide bonds. The maximum atomic E-state index is 6.60. The van der Waals surface area contributed by atoms with Crippen LogP contribution in [0.2, 0.25) is 10.0 Å². The summed E-state index contributed by atoms with van der Waals surface area (Å²) in [5.74, 6) is 2.06. The minimum absolute atomic E-state index is 0.159. The van der Waals surface area contributed by atoms with Crippen LogP contribution in [0, 0.1) is 0 Å². The fourth-order valence-electron chi connectivity index (χ4n) is 3.79. The van der Waals surface area contributed by atoms with Gasteiger partial charge in [0.05, 0.1) is 28.8 Å². The Balaban J connectivity index is 2.00. The molecular formula is C21H27Cl2N5O. The zero-order valence-corrected chi connectivity index (χ0v) is 18.7. The summed E-state index contributed by atoms with van der Waals surface area (Å²) in [7, 11) is 1.66. The number of anilines is 2. The smallest absolute Gasteiger partial charge is 0.139 e. The highest BCUT2D eigenvalue weighted by Gasteiger charge is 2.33. The number of likely N-dealkylation sites (tertiary alicyclic amines) is 1. The maximum absolute atomic E-state index is 6.60. The molecule has 156 valence electrons. The van der Waals surface area contributed by atoms with Crippen LogP contribution in [0.1, 0.15) is 49.4 Å². The van der Waals surface area contributed by atoms with Gasteiger partial charge >= 0.3 is 0 Å². The van der Waals surface area contributed by atoms with Gasteiger partial charge in [-0.3, -0.25) is 0 Å². The molecule has 1 saturated heterocycles. The van der Waals surface area contributed by atoms with Crippen LogP contribution in [0.25, 0.3) is 5.57 Å². The molecule has 0 saturated carbocycles. The number of hydrogen-bond acceptors (Lipinski definition) is 6. The Kier molecular flexibility index (Phi) is 6.56. The van der Waals surface area contributed by atoms with Gasteiger partial charge < -0.3 is 20.7 Å². The summed E-state index contributed by atoms with van der Waals surface area (Å²) in [5.41, 5.74) is 9.41. The lowest BCUT2D eigenvalue weighted by atomic mass is 9.88. The second-order valence-corrected chi connectivity index (χ2v) is 8.17. The van der Waals surface area contributed by atoms with Gasteiger partial charge in [-0.15, -0.1) is 0 Å². The van der Waals surface area contributed by atoms with E-state index in [1.807, 2.05) is 19.9 Å². The van der Waals surface area contributed by atoms with Crippen LogP contribution in [0.15, 0.2) is 19.0 Å². The molecule has 0 spiro atoms. The van der Waals surface area contributed by atoms with Crippen LogP contribution in [-0.2, 0) is 0 Å². The van der Waals surface area contributed by atoms with Gasteiger partial charge in [0.25, 0.3) is 0 Å². The molecule has 29 heavy (non-hydrogen) atoms. The standard InChI is InChI=1S/C21H27Cl2N5O/c1-6-28-8-13(9-28)17-18(23)15(22)7-14(19(17)29-5)12(4)27-21-16(11(2)3)20(24)25-10-26-21/h7,10,12-13H,2,6,8-9H2,1,3-5H3,(H3,24,25,26,27). The Morgan fingerprint density at radius 1 is 1.41 bits per heavy atom. The lowest BCUT2D eigenvalue weighted by Crippen LogP contribution is -2.44. The fraction of sp³-hybridized carbons (Fsp3) is 0.429. The average Bonchev–Trinajstić information content (AvgIpc) is 2.63. The molecule has 0 radical (unpaired) electrons. The summed E-state index contributed by atoms with van der Waals surface area (Å²) >= 11 is 13.1. The highest BCUT2D eigenvalue weighted by molar-refractivity contribution is 6.42.